The molecule has 0 amide bonds. The number of ether oxygens (including phenoxy) is 1. The average Bonchev–Trinajstić information content (AvgIpc) is 3.14. The van der Waals surface area contributed by atoms with Crippen molar-refractivity contribution in [1.82, 2.24) is 9.97 Å². The third-order valence-corrected chi connectivity index (χ3v) is 4.73. The SMILES string of the molecule is COc1ccc(-c2nc(-c3ccc(C)cc3)c(-c3ccc(C)cc3)[nH]2)cc1. The lowest BCUT2D eigenvalue weighted by molar-refractivity contribution is 0.415. The summed E-state index contributed by atoms with van der Waals surface area (Å²) in [4.78, 5) is 8.47. The van der Waals surface area contributed by atoms with Gasteiger partial charge in [-0.1, -0.05) is 59.7 Å². The van der Waals surface area contributed by atoms with Crippen molar-refractivity contribution in [1.29, 1.82) is 0 Å². The summed E-state index contributed by atoms with van der Waals surface area (Å²) in [5.74, 6) is 1.69. The van der Waals surface area contributed by atoms with Crippen LogP contribution in [0, 0.1) is 13.8 Å². The van der Waals surface area contributed by atoms with Crippen LogP contribution < -0.4 is 4.74 Å². The lowest BCUT2D eigenvalue weighted by Crippen LogP contribution is -1.84. The summed E-state index contributed by atoms with van der Waals surface area (Å²) in [6.45, 7) is 4.19. The number of imidazole rings is 1. The number of H-pyrrole nitrogens is 1. The van der Waals surface area contributed by atoms with E-state index in [4.69, 9.17) is 9.72 Å². The number of nitrogens with one attached hydrogen (secondary N) is 1. The molecule has 4 rings (SSSR count). The molecule has 4 aromatic rings. The molecule has 3 nitrogen and oxygen atoms in total. The fraction of sp³-hybridized carbons (Fsp3) is 0.125. The van der Waals surface area contributed by atoms with E-state index >= 15 is 0 Å². The molecule has 0 aliphatic rings. The minimum Gasteiger partial charge on any atom is -0.497 e. The average molecular weight is 354 g/mol. The molecule has 1 N–H and O–H groups in total. The van der Waals surface area contributed by atoms with Gasteiger partial charge in [0.25, 0.3) is 0 Å². The first-order valence-corrected chi connectivity index (χ1v) is 9.02. The topological polar surface area (TPSA) is 37.9 Å². The summed E-state index contributed by atoms with van der Waals surface area (Å²) in [5, 5.41) is 0. The number of benzene rings is 3. The number of aryl methyl sites for hydroxylation is 2. The minimum atomic E-state index is 0.836. The van der Waals surface area contributed by atoms with E-state index in [0.29, 0.717) is 0 Å². The number of methoxy groups -OCH3 is 1. The number of aromatic amines is 1. The predicted octanol–water partition coefficient (Wildman–Crippen LogP) is 6.04. The molecule has 3 aromatic carbocycles. The molecule has 0 atom stereocenters. The largest absolute Gasteiger partial charge is 0.497 e. The number of aromatic nitrogens is 2. The standard InChI is InChI=1S/C24H22N2O/c1-16-4-8-18(9-5-16)22-23(19-10-6-17(2)7-11-19)26-24(25-22)20-12-14-21(27-3)15-13-20/h4-15H,1-3H3,(H,25,26). The Labute approximate surface area is 159 Å². The summed E-state index contributed by atoms with van der Waals surface area (Å²) >= 11 is 0. The van der Waals surface area contributed by atoms with Crippen molar-refractivity contribution in [2.75, 3.05) is 7.11 Å². The van der Waals surface area contributed by atoms with Crippen LogP contribution in [0.3, 0.4) is 0 Å². The van der Waals surface area contributed by atoms with Crippen molar-refractivity contribution in [2.45, 2.75) is 13.8 Å². The van der Waals surface area contributed by atoms with Gasteiger partial charge >= 0.3 is 0 Å². The highest BCUT2D eigenvalue weighted by molar-refractivity contribution is 5.81. The Bertz CT molecular complexity index is 980. The number of rotatable bonds is 4. The normalized spacial score (nSPS) is 10.8. The van der Waals surface area contributed by atoms with Gasteiger partial charge in [0.15, 0.2) is 0 Å². The van der Waals surface area contributed by atoms with Gasteiger partial charge in [-0.15, -0.1) is 0 Å². The van der Waals surface area contributed by atoms with Crippen molar-refractivity contribution in [3.8, 4) is 39.7 Å². The maximum Gasteiger partial charge on any atom is 0.138 e. The summed E-state index contributed by atoms with van der Waals surface area (Å²) in [5.41, 5.74) is 7.74. The first kappa shape index (κ1) is 17.1. The van der Waals surface area contributed by atoms with Crippen molar-refractivity contribution in [3.63, 3.8) is 0 Å². The Balaban J connectivity index is 1.85. The second-order valence-corrected chi connectivity index (χ2v) is 6.77. The van der Waals surface area contributed by atoms with E-state index in [1.54, 1.807) is 7.11 Å². The Hall–Kier alpha value is -3.33. The molecule has 1 aromatic heterocycles. The Morgan fingerprint density at radius 3 is 1.74 bits per heavy atom. The maximum atomic E-state index is 5.26. The molecule has 0 unspecified atom stereocenters. The van der Waals surface area contributed by atoms with Crippen LogP contribution in [-0.2, 0) is 0 Å². The van der Waals surface area contributed by atoms with Crippen LogP contribution in [0.5, 0.6) is 5.75 Å². The van der Waals surface area contributed by atoms with Crippen LogP contribution in [0.25, 0.3) is 33.9 Å². The highest BCUT2D eigenvalue weighted by atomic mass is 16.5. The zero-order chi connectivity index (χ0) is 18.8. The van der Waals surface area contributed by atoms with Gasteiger partial charge in [0.05, 0.1) is 18.5 Å². The smallest absolute Gasteiger partial charge is 0.138 e. The third-order valence-electron chi connectivity index (χ3n) is 4.73. The lowest BCUT2D eigenvalue weighted by Gasteiger charge is -2.04. The zero-order valence-corrected chi connectivity index (χ0v) is 15.8. The van der Waals surface area contributed by atoms with Crippen molar-refractivity contribution in [2.24, 2.45) is 0 Å². The molecule has 1 heterocycles. The first-order valence-electron chi connectivity index (χ1n) is 9.02. The van der Waals surface area contributed by atoms with Gasteiger partial charge in [0.1, 0.15) is 11.6 Å². The molecule has 0 fully saturated rings. The molecular weight excluding hydrogens is 332 g/mol. The van der Waals surface area contributed by atoms with Crippen LogP contribution in [0.4, 0.5) is 0 Å². The number of nitrogens with zero attached hydrogens (tertiary/aromatic N) is 1. The van der Waals surface area contributed by atoms with Gasteiger partial charge in [-0.3, -0.25) is 0 Å². The number of hydrogen-bond donors (Lipinski definition) is 1. The molecule has 134 valence electrons. The van der Waals surface area contributed by atoms with E-state index in [1.807, 2.05) is 24.3 Å². The molecule has 0 bridgehead atoms. The van der Waals surface area contributed by atoms with Crippen LogP contribution >= 0.6 is 0 Å². The van der Waals surface area contributed by atoms with Gasteiger partial charge < -0.3 is 9.72 Å². The first-order chi connectivity index (χ1) is 13.1. The maximum absolute atomic E-state index is 5.26. The molecule has 0 saturated carbocycles. The van der Waals surface area contributed by atoms with Gasteiger partial charge in [0, 0.05) is 16.7 Å². The third kappa shape index (κ3) is 3.49. The molecular formula is C24H22N2O. The highest BCUT2D eigenvalue weighted by Crippen LogP contribution is 2.33. The molecule has 0 saturated heterocycles. The van der Waals surface area contributed by atoms with Crippen molar-refractivity contribution in [3.05, 3.63) is 83.9 Å². The van der Waals surface area contributed by atoms with Gasteiger partial charge in [-0.05, 0) is 38.1 Å². The Morgan fingerprint density at radius 1 is 0.667 bits per heavy atom. The molecule has 0 spiro atoms. The second kappa shape index (κ2) is 7.12. The van der Waals surface area contributed by atoms with Crippen LogP contribution in [0.1, 0.15) is 11.1 Å². The summed E-state index contributed by atoms with van der Waals surface area (Å²) < 4.78 is 5.26. The lowest BCUT2D eigenvalue weighted by atomic mass is 10.0. The summed E-state index contributed by atoms with van der Waals surface area (Å²) in [7, 11) is 1.67. The summed E-state index contributed by atoms with van der Waals surface area (Å²) in [6.07, 6.45) is 0. The Kier molecular flexibility index (Phi) is 4.51. The van der Waals surface area contributed by atoms with E-state index < -0.39 is 0 Å². The highest BCUT2D eigenvalue weighted by Gasteiger charge is 2.15. The summed E-state index contributed by atoms with van der Waals surface area (Å²) in [6, 6.07) is 25.0. The molecule has 0 aliphatic carbocycles. The van der Waals surface area contributed by atoms with E-state index in [2.05, 4.69) is 67.4 Å². The molecule has 27 heavy (non-hydrogen) atoms. The Morgan fingerprint density at radius 2 is 1.19 bits per heavy atom. The van der Waals surface area contributed by atoms with Crippen LogP contribution in [0.2, 0.25) is 0 Å². The van der Waals surface area contributed by atoms with Crippen molar-refractivity contribution >= 4 is 0 Å². The molecule has 0 aliphatic heterocycles. The fourth-order valence-electron chi connectivity index (χ4n) is 3.11. The van der Waals surface area contributed by atoms with Crippen molar-refractivity contribution < 1.29 is 4.74 Å². The van der Waals surface area contributed by atoms with Crippen LogP contribution in [-0.4, -0.2) is 17.1 Å². The predicted molar refractivity (Wildman–Crippen MR) is 111 cm³/mol. The molecule has 3 heteroatoms. The second-order valence-electron chi connectivity index (χ2n) is 6.77. The van der Waals surface area contributed by atoms with E-state index in [0.717, 1.165) is 39.7 Å². The van der Waals surface area contributed by atoms with Gasteiger partial charge in [-0.2, -0.15) is 0 Å². The van der Waals surface area contributed by atoms with Gasteiger partial charge in [0.2, 0.25) is 0 Å². The van der Waals surface area contributed by atoms with E-state index in [-0.39, 0.29) is 0 Å². The number of hydrogen-bond acceptors (Lipinski definition) is 2. The fourth-order valence-corrected chi connectivity index (χ4v) is 3.11. The van der Waals surface area contributed by atoms with E-state index in [9.17, 15) is 0 Å². The zero-order valence-electron chi connectivity index (χ0n) is 15.8. The van der Waals surface area contributed by atoms with E-state index in [1.165, 1.54) is 11.1 Å². The van der Waals surface area contributed by atoms with Gasteiger partial charge in [-0.25, -0.2) is 4.98 Å². The molecule has 0 radical (unpaired) electrons. The quantitative estimate of drug-likeness (QED) is 0.485. The van der Waals surface area contributed by atoms with Crippen LogP contribution in [0.15, 0.2) is 72.8 Å². The minimum absolute atomic E-state index is 0.836. The monoisotopic (exact) mass is 354 g/mol.